The highest BCUT2D eigenvalue weighted by Gasteiger charge is 2.19. The number of hydrogen-bond donors (Lipinski definition) is 1. The van der Waals surface area contributed by atoms with Gasteiger partial charge in [0.15, 0.2) is 0 Å². The molecule has 1 N–H and O–H groups in total. The van der Waals surface area contributed by atoms with E-state index in [0.717, 1.165) is 5.56 Å². The van der Waals surface area contributed by atoms with Gasteiger partial charge >= 0.3 is 5.97 Å². The summed E-state index contributed by atoms with van der Waals surface area (Å²) in [7, 11) is 0. The second-order valence-corrected chi connectivity index (χ2v) is 4.13. The smallest absolute Gasteiger partial charge is 0.310 e. The van der Waals surface area contributed by atoms with Crippen LogP contribution in [0.25, 0.3) is 11.1 Å². The lowest BCUT2D eigenvalue weighted by Gasteiger charge is -2.11. The van der Waals surface area contributed by atoms with Gasteiger partial charge in [-0.15, -0.1) is 0 Å². The number of hydrogen-bond acceptors (Lipinski definition) is 1. The van der Waals surface area contributed by atoms with Crippen molar-refractivity contribution < 1.29 is 14.3 Å². The Morgan fingerprint density at radius 1 is 1.11 bits per heavy atom. The summed E-state index contributed by atoms with van der Waals surface area (Å²) in [5, 5.41) is 8.95. The van der Waals surface area contributed by atoms with Gasteiger partial charge in [0.2, 0.25) is 0 Å². The molecule has 2 aromatic rings. The molecule has 0 aliphatic heterocycles. The molecule has 0 bridgehead atoms. The molecule has 2 rings (SSSR count). The molecule has 2 nitrogen and oxygen atoms in total. The highest BCUT2D eigenvalue weighted by molar-refractivity contribution is 5.77. The van der Waals surface area contributed by atoms with Crippen molar-refractivity contribution in [3.05, 3.63) is 59.9 Å². The number of carbonyl (C=O) groups is 1. The van der Waals surface area contributed by atoms with Crippen LogP contribution in [0.4, 0.5) is 4.39 Å². The first kappa shape index (κ1) is 12.3. The van der Waals surface area contributed by atoms with Crippen molar-refractivity contribution >= 4 is 5.97 Å². The molecule has 3 heteroatoms. The van der Waals surface area contributed by atoms with Crippen molar-refractivity contribution in [1.82, 2.24) is 0 Å². The number of carboxylic acid groups (broad SMARTS) is 1. The van der Waals surface area contributed by atoms with Crippen molar-refractivity contribution in [2.24, 2.45) is 0 Å². The molecule has 0 spiro atoms. The molecule has 0 fully saturated rings. The van der Waals surface area contributed by atoms with Crippen LogP contribution in [-0.4, -0.2) is 11.1 Å². The molecular formula is C15H13FO2. The second-order valence-electron chi connectivity index (χ2n) is 4.13. The van der Waals surface area contributed by atoms with Crippen LogP contribution in [0.15, 0.2) is 48.5 Å². The lowest BCUT2D eigenvalue weighted by Crippen LogP contribution is -2.09. The summed E-state index contributed by atoms with van der Waals surface area (Å²) < 4.78 is 14.3. The van der Waals surface area contributed by atoms with Crippen LogP contribution in [0.1, 0.15) is 18.4 Å². The molecule has 0 aliphatic rings. The van der Waals surface area contributed by atoms with Crippen LogP contribution in [0.5, 0.6) is 0 Å². The molecule has 1 atom stereocenters. The van der Waals surface area contributed by atoms with E-state index >= 15 is 0 Å². The van der Waals surface area contributed by atoms with Crippen LogP contribution in [-0.2, 0) is 4.79 Å². The van der Waals surface area contributed by atoms with Gasteiger partial charge in [-0.1, -0.05) is 48.5 Å². The molecule has 0 amide bonds. The summed E-state index contributed by atoms with van der Waals surface area (Å²) in [6, 6.07) is 13.9. The predicted octanol–water partition coefficient (Wildman–Crippen LogP) is 3.68. The summed E-state index contributed by atoms with van der Waals surface area (Å²) in [4.78, 5) is 10.9. The van der Waals surface area contributed by atoms with E-state index in [2.05, 4.69) is 0 Å². The fourth-order valence-corrected chi connectivity index (χ4v) is 1.86. The minimum absolute atomic E-state index is 0.212. The molecule has 0 radical (unpaired) electrons. The van der Waals surface area contributed by atoms with Crippen LogP contribution in [0.3, 0.4) is 0 Å². The maximum absolute atomic E-state index is 14.3. The van der Waals surface area contributed by atoms with E-state index in [1.54, 1.807) is 24.3 Å². The highest BCUT2D eigenvalue weighted by Crippen LogP contribution is 2.28. The van der Waals surface area contributed by atoms with Crippen LogP contribution < -0.4 is 0 Å². The molecule has 0 saturated carbocycles. The number of rotatable bonds is 3. The zero-order valence-electron chi connectivity index (χ0n) is 9.93. The lowest BCUT2D eigenvalue weighted by molar-refractivity contribution is -0.138. The van der Waals surface area contributed by atoms with Gasteiger partial charge in [-0.2, -0.15) is 0 Å². The lowest BCUT2D eigenvalue weighted by atomic mass is 9.95. The zero-order chi connectivity index (χ0) is 13.1. The molecule has 18 heavy (non-hydrogen) atoms. The average molecular weight is 244 g/mol. The average Bonchev–Trinajstić information content (AvgIpc) is 2.39. The fourth-order valence-electron chi connectivity index (χ4n) is 1.86. The van der Waals surface area contributed by atoms with E-state index < -0.39 is 17.7 Å². The minimum Gasteiger partial charge on any atom is -0.481 e. The summed E-state index contributed by atoms with van der Waals surface area (Å²) in [6.45, 7) is 1.48. The monoisotopic (exact) mass is 244 g/mol. The third-order valence-corrected chi connectivity index (χ3v) is 2.95. The Balaban J connectivity index is 2.52. The van der Waals surface area contributed by atoms with Gasteiger partial charge in [0.05, 0.1) is 5.92 Å². The Morgan fingerprint density at radius 3 is 2.39 bits per heavy atom. The molecule has 92 valence electrons. The summed E-state index contributed by atoms with van der Waals surface area (Å²) in [5.41, 5.74) is 1.39. The highest BCUT2D eigenvalue weighted by atomic mass is 19.1. The van der Waals surface area contributed by atoms with Gasteiger partial charge in [0, 0.05) is 11.1 Å². The molecule has 0 aromatic heterocycles. The number of carboxylic acids is 1. The Hall–Kier alpha value is -2.16. The topological polar surface area (TPSA) is 37.3 Å². The van der Waals surface area contributed by atoms with E-state index in [4.69, 9.17) is 5.11 Å². The molecule has 2 aromatic carbocycles. The third-order valence-electron chi connectivity index (χ3n) is 2.95. The summed E-state index contributed by atoms with van der Waals surface area (Å²) in [6.07, 6.45) is 0. The van der Waals surface area contributed by atoms with Gasteiger partial charge in [0.1, 0.15) is 5.82 Å². The largest absolute Gasteiger partial charge is 0.481 e. The van der Waals surface area contributed by atoms with Crippen molar-refractivity contribution in [1.29, 1.82) is 0 Å². The van der Waals surface area contributed by atoms with Gasteiger partial charge in [-0.25, -0.2) is 4.39 Å². The van der Waals surface area contributed by atoms with E-state index in [9.17, 15) is 9.18 Å². The fraction of sp³-hybridized carbons (Fsp3) is 0.133. The molecule has 1 unspecified atom stereocenters. The van der Waals surface area contributed by atoms with Crippen LogP contribution >= 0.6 is 0 Å². The Labute approximate surface area is 105 Å². The van der Waals surface area contributed by atoms with Gasteiger partial charge in [-0.3, -0.25) is 4.79 Å². The third kappa shape index (κ3) is 2.25. The Morgan fingerprint density at radius 2 is 1.78 bits per heavy atom. The first-order chi connectivity index (χ1) is 8.61. The van der Waals surface area contributed by atoms with Crippen molar-refractivity contribution in [3.63, 3.8) is 0 Å². The van der Waals surface area contributed by atoms with Gasteiger partial charge in [0.25, 0.3) is 0 Å². The molecule has 0 aliphatic carbocycles. The standard InChI is InChI=1S/C15H13FO2/c1-10(15(17)18)12-8-5-9-13(14(12)16)11-6-3-2-4-7-11/h2-10H,1H3,(H,17,18). The first-order valence-corrected chi connectivity index (χ1v) is 5.68. The number of aliphatic carboxylic acids is 1. The van der Waals surface area contributed by atoms with E-state index in [1.807, 2.05) is 18.2 Å². The maximum atomic E-state index is 14.3. The number of halogens is 1. The maximum Gasteiger partial charge on any atom is 0.310 e. The number of benzene rings is 2. The molecule has 0 saturated heterocycles. The van der Waals surface area contributed by atoms with Crippen molar-refractivity contribution in [2.45, 2.75) is 12.8 Å². The van der Waals surface area contributed by atoms with Crippen molar-refractivity contribution in [2.75, 3.05) is 0 Å². The van der Waals surface area contributed by atoms with Gasteiger partial charge < -0.3 is 5.11 Å². The van der Waals surface area contributed by atoms with Crippen LogP contribution in [0.2, 0.25) is 0 Å². The van der Waals surface area contributed by atoms with Crippen molar-refractivity contribution in [3.8, 4) is 11.1 Å². The minimum atomic E-state index is -1.03. The van der Waals surface area contributed by atoms with E-state index in [0.29, 0.717) is 5.56 Å². The summed E-state index contributed by atoms with van der Waals surface area (Å²) >= 11 is 0. The SMILES string of the molecule is CC(C(=O)O)c1cccc(-c2ccccc2)c1F. The Bertz CT molecular complexity index is 564. The van der Waals surface area contributed by atoms with Gasteiger partial charge in [-0.05, 0) is 12.5 Å². The molecule has 0 heterocycles. The normalized spacial score (nSPS) is 12.1. The van der Waals surface area contributed by atoms with E-state index in [1.165, 1.54) is 13.0 Å². The van der Waals surface area contributed by atoms with Crippen LogP contribution in [0, 0.1) is 5.82 Å². The quantitative estimate of drug-likeness (QED) is 0.894. The zero-order valence-corrected chi connectivity index (χ0v) is 9.93. The molecular weight excluding hydrogens is 231 g/mol. The summed E-state index contributed by atoms with van der Waals surface area (Å²) in [5.74, 6) is -2.34. The predicted molar refractivity (Wildman–Crippen MR) is 67.9 cm³/mol. The first-order valence-electron chi connectivity index (χ1n) is 5.68. The Kier molecular flexibility index (Phi) is 3.42. The van der Waals surface area contributed by atoms with E-state index in [-0.39, 0.29) is 5.56 Å². The second kappa shape index (κ2) is 5.00.